The largest absolute Gasteiger partial charge is 0.383 e. The van der Waals surface area contributed by atoms with E-state index in [4.69, 9.17) is 28.9 Å². The van der Waals surface area contributed by atoms with Crippen LogP contribution >= 0.6 is 23.2 Å². The third-order valence-electron chi connectivity index (χ3n) is 2.86. The van der Waals surface area contributed by atoms with Crippen molar-refractivity contribution in [1.82, 2.24) is 10.3 Å². The summed E-state index contributed by atoms with van der Waals surface area (Å²) in [5, 5.41) is 3.88. The van der Waals surface area contributed by atoms with E-state index in [0.29, 0.717) is 15.6 Å². The average molecular weight is 310 g/mol. The maximum absolute atomic E-state index is 12.1. The van der Waals surface area contributed by atoms with E-state index in [1.54, 1.807) is 30.3 Å². The number of halogens is 2. The molecule has 1 atom stereocenters. The Bertz CT molecular complexity index is 646. The molecule has 2 aromatic rings. The summed E-state index contributed by atoms with van der Waals surface area (Å²) < 4.78 is 0. The van der Waals surface area contributed by atoms with Crippen LogP contribution < -0.4 is 11.1 Å². The molecule has 0 saturated heterocycles. The monoisotopic (exact) mass is 309 g/mol. The molecule has 2 rings (SSSR count). The Morgan fingerprint density at radius 3 is 2.75 bits per heavy atom. The van der Waals surface area contributed by atoms with Crippen LogP contribution in [0.2, 0.25) is 10.0 Å². The van der Waals surface area contributed by atoms with E-state index in [0.717, 1.165) is 5.56 Å². The van der Waals surface area contributed by atoms with Gasteiger partial charge in [-0.05, 0) is 36.8 Å². The molecular weight excluding hydrogens is 297 g/mol. The maximum atomic E-state index is 12.1. The molecule has 1 unspecified atom stereocenters. The molecule has 0 bridgehead atoms. The molecule has 1 aromatic heterocycles. The topological polar surface area (TPSA) is 68.0 Å². The highest BCUT2D eigenvalue weighted by Gasteiger charge is 2.16. The van der Waals surface area contributed by atoms with Gasteiger partial charge in [0.1, 0.15) is 5.82 Å². The van der Waals surface area contributed by atoms with Gasteiger partial charge in [0, 0.05) is 16.2 Å². The van der Waals surface area contributed by atoms with Gasteiger partial charge in [0.2, 0.25) is 0 Å². The number of anilines is 1. The van der Waals surface area contributed by atoms with Crippen molar-refractivity contribution in [1.29, 1.82) is 0 Å². The summed E-state index contributed by atoms with van der Waals surface area (Å²) in [5.74, 6) is -0.103. The van der Waals surface area contributed by atoms with Crippen LogP contribution in [-0.4, -0.2) is 10.9 Å². The molecular formula is C14H13Cl2N3O. The van der Waals surface area contributed by atoms with Crippen molar-refractivity contribution in [2.75, 3.05) is 5.73 Å². The summed E-state index contributed by atoms with van der Waals surface area (Å²) >= 11 is 12.0. The van der Waals surface area contributed by atoms with Gasteiger partial charge in [-0.3, -0.25) is 4.79 Å². The Balaban J connectivity index is 2.17. The number of aromatic nitrogens is 1. The summed E-state index contributed by atoms with van der Waals surface area (Å²) in [5.41, 5.74) is 6.79. The number of benzene rings is 1. The van der Waals surface area contributed by atoms with Crippen LogP contribution in [0.25, 0.3) is 0 Å². The lowest BCUT2D eigenvalue weighted by molar-refractivity contribution is 0.0940. The van der Waals surface area contributed by atoms with Crippen LogP contribution in [-0.2, 0) is 0 Å². The first kappa shape index (κ1) is 14.6. The molecule has 1 amide bonds. The predicted molar refractivity (Wildman–Crippen MR) is 81.0 cm³/mol. The molecule has 104 valence electrons. The van der Waals surface area contributed by atoms with Crippen molar-refractivity contribution in [3.8, 4) is 0 Å². The Labute approximate surface area is 126 Å². The van der Waals surface area contributed by atoms with Crippen molar-refractivity contribution in [3.63, 3.8) is 0 Å². The van der Waals surface area contributed by atoms with Crippen LogP contribution in [0.4, 0.5) is 5.82 Å². The first-order valence-corrected chi connectivity index (χ1v) is 6.71. The maximum Gasteiger partial charge on any atom is 0.255 e. The van der Waals surface area contributed by atoms with Crippen molar-refractivity contribution in [2.24, 2.45) is 0 Å². The van der Waals surface area contributed by atoms with Crippen molar-refractivity contribution >= 4 is 34.9 Å². The number of pyridine rings is 1. The second kappa shape index (κ2) is 6.11. The minimum atomic E-state index is -0.297. The first-order valence-electron chi connectivity index (χ1n) is 5.95. The van der Waals surface area contributed by atoms with Gasteiger partial charge >= 0.3 is 0 Å². The summed E-state index contributed by atoms with van der Waals surface area (Å²) in [6.07, 6.45) is 1.53. The minimum absolute atomic E-state index is 0.194. The normalized spacial score (nSPS) is 11.9. The molecule has 20 heavy (non-hydrogen) atoms. The number of carbonyl (C=O) groups is 1. The van der Waals surface area contributed by atoms with E-state index in [-0.39, 0.29) is 17.8 Å². The number of nitrogens with two attached hydrogens (primary N) is 1. The quantitative estimate of drug-likeness (QED) is 0.912. The van der Waals surface area contributed by atoms with Gasteiger partial charge in [0.05, 0.1) is 11.6 Å². The first-order chi connectivity index (χ1) is 9.49. The van der Waals surface area contributed by atoms with Crippen LogP contribution in [0.5, 0.6) is 0 Å². The van der Waals surface area contributed by atoms with Gasteiger partial charge in [0.25, 0.3) is 5.91 Å². The van der Waals surface area contributed by atoms with Crippen LogP contribution in [0.1, 0.15) is 28.9 Å². The molecule has 1 heterocycles. The second-order valence-corrected chi connectivity index (χ2v) is 5.14. The molecule has 0 aliphatic heterocycles. The number of nitrogens with zero attached hydrogens (tertiary/aromatic N) is 1. The molecule has 3 N–H and O–H groups in total. The van der Waals surface area contributed by atoms with E-state index >= 15 is 0 Å². The van der Waals surface area contributed by atoms with Crippen LogP contribution in [0.3, 0.4) is 0 Å². The fourth-order valence-corrected chi connectivity index (χ4v) is 2.39. The standard InChI is InChI=1S/C14H13Cl2N3O/c1-8(10-5-4-9(15)7-12(10)16)19-14(20)11-3-2-6-18-13(11)17/h2-8H,1H3,(H2,17,18)(H,19,20). The highest BCUT2D eigenvalue weighted by atomic mass is 35.5. The number of rotatable bonds is 3. The number of nitrogens with one attached hydrogen (secondary N) is 1. The van der Waals surface area contributed by atoms with Crippen LogP contribution in [0, 0.1) is 0 Å². The lowest BCUT2D eigenvalue weighted by Crippen LogP contribution is -2.27. The molecule has 0 aliphatic rings. The number of amides is 1. The van der Waals surface area contributed by atoms with Gasteiger partial charge in [-0.25, -0.2) is 4.98 Å². The number of hydrogen-bond acceptors (Lipinski definition) is 3. The number of nitrogen functional groups attached to an aromatic ring is 1. The smallest absolute Gasteiger partial charge is 0.255 e. The second-order valence-electron chi connectivity index (χ2n) is 4.30. The summed E-state index contributed by atoms with van der Waals surface area (Å²) in [6, 6.07) is 8.15. The highest BCUT2D eigenvalue weighted by molar-refractivity contribution is 6.35. The summed E-state index contributed by atoms with van der Waals surface area (Å²) in [7, 11) is 0. The number of hydrogen-bond donors (Lipinski definition) is 2. The Hall–Kier alpha value is -1.78. The molecule has 0 fully saturated rings. The van der Waals surface area contributed by atoms with E-state index < -0.39 is 0 Å². The molecule has 4 nitrogen and oxygen atoms in total. The Morgan fingerprint density at radius 1 is 1.35 bits per heavy atom. The fourth-order valence-electron chi connectivity index (χ4n) is 1.81. The molecule has 0 spiro atoms. The van der Waals surface area contributed by atoms with Gasteiger partial charge in [-0.2, -0.15) is 0 Å². The Morgan fingerprint density at radius 2 is 2.10 bits per heavy atom. The summed E-state index contributed by atoms with van der Waals surface area (Å²) in [6.45, 7) is 1.83. The molecule has 1 aromatic carbocycles. The number of carbonyl (C=O) groups excluding carboxylic acids is 1. The van der Waals surface area contributed by atoms with Gasteiger partial charge in [0.15, 0.2) is 0 Å². The molecule has 0 saturated carbocycles. The molecule has 6 heteroatoms. The van der Waals surface area contributed by atoms with E-state index in [9.17, 15) is 4.79 Å². The Kier molecular flexibility index (Phi) is 4.47. The molecule has 0 radical (unpaired) electrons. The fraction of sp³-hybridized carbons (Fsp3) is 0.143. The molecule has 0 aliphatic carbocycles. The lowest BCUT2D eigenvalue weighted by Gasteiger charge is -2.16. The van der Waals surface area contributed by atoms with E-state index in [1.165, 1.54) is 6.20 Å². The van der Waals surface area contributed by atoms with Gasteiger partial charge in [-0.15, -0.1) is 0 Å². The summed E-state index contributed by atoms with van der Waals surface area (Å²) in [4.78, 5) is 16.0. The van der Waals surface area contributed by atoms with Crippen molar-refractivity contribution < 1.29 is 4.79 Å². The average Bonchev–Trinajstić information content (AvgIpc) is 2.38. The van der Waals surface area contributed by atoms with E-state index in [1.807, 2.05) is 6.92 Å². The zero-order valence-electron chi connectivity index (χ0n) is 10.7. The third kappa shape index (κ3) is 3.21. The highest BCUT2D eigenvalue weighted by Crippen LogP contribution is 2.26. The van der Waals surface area contributed by atoms with Gasteiger partial charge < -0.3 is 11.1 Å². The van der Waals surface area contributed by atoms with Gasteiger partial charge in [-0.1, -0.05) is 29.3 Å². The zero-order chi connectivity index (χ0) is 14.7. The minimum Gasteiger partial charge on any atom is -0.383 e. The van der Waals surface area contributed by atoms with Crippen molar-refractivity contribution in [3.05, 3.63) is 57.7 Å². The van der Waals surface area contributed by atoms with E-state index in [2.05, 4.69) is 10.3 Å². The zero-order valence-corrected chi connectivity index (χ0v) is 12.2. The SMILES string of the molecule is CC(NC(=O)c1cccnc1N)c1ccc(Cl)cc1Cl. The predicted octanol–water partition coefficient (Wildman–Crippen LogP) is 3.46. The lowest BCUT2D eigenvalue weighted by atomic mass is 10.1. The van der Waals surface area contributed by atoms with Crippen LogP contribution in [0.15, 0.2) is 36.5 Å². The third-order valence-corrected chi connectivity index (χ3v) is 3.42. The van der Waals surface area contributed by atoms with Crippen molar-refractivity contribution in [2.45, 2.75) is 13.0 Å².